The van der Waals surface area contributed by atoms with Crippen molar-refractivity contribution in [3.05, 3.63) is 30.6 Å². The van der Waals surface area contributed by atoms with Crippen LogP contribution in [0.5, 0.6) is 0 Å². The molecule has 1 heterocycles. The van der Waals surface area contributed by atoms with E-state index >= 15 is 0 Å². The largest absolute Gasteiger partial charge is 0.481 e. The molecule has 0 unspecified atom stereocenters. The van der Waals surface area contributed by atoms with E-state index in [9.17, 15) is 9.59 Å². The molecule has 5 nitrogen and oxygen atoms in total. The monoisotopic (exact) mass is 223 g/mol. The van der Waals surface area contributed by atoms with Crippen LogP contribution in [0.4, 0.5) is 0 Å². The Morgan fingerprint density at radius 3 is 2.44 bits per heavy atom. The van der Waals surface area contributed by atoms with Crippen LogP contribution in [0, 0.1) is 0 Å². The highest BCUT2D eigenvalue weighted by molar-refractivity contribution is 5.76. The fraction of sp³-hybridized carbons (Fsp3) is 0.364. The molecular weight excluding hydrogens is 208 g/mol. The van der Waals surface area contributed by atoms with Gasteiger partial charge in [0.25, 0.3) is 0 Å². The number of carbonyl (C=O) groups is 2. The molecule has 86 valence electrons. The molecule has 0 radical (unpaired) electrons. The van der Waals surface area contributed by atoms with E-state index in [1.165, 1.54) is 0 Å². The van der Waals surface area contributed by atoms with E-state index in [1.54, 1.807) is 0 Å². The van der Waals surface area contributed by atoms with E-state index in [2.05, 4.69) is 5.32 Å². The Balaban J connectivity index is 2.18. The van der Waals surface area contributed by atoms with Crippen LogP contribution in [0.15, 0.2) is 30.6 Å². The number of hydrogen-bond acceptors (Lipinski definition) is 2. The highest BCUT2D eigenvalue weighted by Gasteiger charge is 2.06. The predicted molar refractivity (Wildman–Crippen MR) is 56.5 cm³/mol. The van der Waals surface area contributed by atoms with Gasteiger partial charge in [-0.15, -0.1) is 0 Å². The second-order valence-corrected chi connectivity index (χ2v) is 3.36. The topological polar surface area (TPSA) is 70.3 Å². The molecule has 1 aromatic rings. The molecule has 0 aromatic carbocycles. The maximum atomic E-state index is 11.3. The molecule has 1 rings (SSSR count). The second-order valence-electron chi connectivity index (χ2n) is 3.36. The summed E-state index contributed by atoms with van der Waals surface area (Å²) in [5.41, 5.74) is 0. The van der Waals surface area contributed by atoms with Gasteiger partial charge in [0.15, 0.2) is 18.9 Å². The Labute approximate surface area is 93.7 Å². The van der Waals surface area contributed by atoms with E-state index in [0.717, 1.165) is 0 Å². The van der Waals surface area contributed by atoms with Crippen LogP contribution < -0.4 is 9.88 Å². The highest BCUT2D eigenvalue weighted by Crippen LogP contribution is 1.84. The third-order valence-corrected chi connectivity index (χ3v) is 2.04. The lowest BCUT2D eigenvalue weighted by Crippen LogP contribution is -2.36. The van der Waals surface area contributed by atoms with E-state index in [0.29, 0.717) is 13.0 Å². The van der Waals surface area contributed by atoms with Crippen LogP contribution in [-0.2, 0) is 16.1 Å². The lowest BCUT2D eigenvalue weighted by molar-refractivity contribution is -0.695. The zero-order valence-electron chi connectivity index (χ0n) is 8.93. The molecule has 0 bridgehead atoms. The van der Waals surface area contributed by atoms with Crippen molar-refractivity contribution < 1.29 is 19.3 Å². The molecule has 0 spiro atoms. The van der Waals surface area contributed by atoms with Crippen LogP contribution in [0.3, 0.4) is 0 Å². The lowest BCUT2D eigenvalue weighted by atomic mass is 10.3. The average molecular weight is 223 g/mol. The quantitative estimate of drug-likeness (QED) is 0.664. The minimum atomic E-state index is -0.905. The average Bonchev–Trinajstić information content (AvgIpc) is 2.27. The van der Waals surface area contributed by atoms with Crippen molar-refractivity contribution in [2.45, 2.75) is 19.4 Å². The molecule has 0 aliphatic rings. The van der Waals surface area contributed by atoms with Gasteiger partial charge < -0.3 is 10.4 Å². The highest BCUT2D eigenvalue weighted by atomic mass is 16.4. The van der Waals surface area contributed by atoms with Gasteiger partial charge in [-0.25, -0.2) is 4.57 Å². The number of aliphatic carboxylic acids is 1. The molecule has 0 aliphatic carbocycles. The van der Waals surface area contributed by atoms with Gasteiger partial charge in [-0.05, 0) is 0 Å². The van der Waals surface area contributed by atoms with Gasteiger partial charge in [0.2, 0.25) is 5.91 Å². The van der Waals surface area contributed by atoms with Gasteiger partial charge in [-0.2, -0.15) is 0 Å². The normalized spacial score (nSPS) is 9.75. The first-order valence-corrected chi connectivity index (χ1v) is 5.11. The fourth-order valence-electron chi connectivity index (χ4n) is 1.21. The van der Waals surface area contributed by atoms with Gasteiger partial charge in [0.1, 0.15) is 0 Å². The third kappa shape index (κ3) is 5.09. The second kappa shape index (κ2) is 6.55. The first-order chi connectivity index (χ1) is 7.68. The van der Waals surface area contributed by atoms with Gasteiger partial charge in [0, 0.05) is 18.7 Å². The molecule has 1 aromatic heterocycles. The van der Waals surface area contributed by atoms with E-state index in [1.807, 2.05) is 35.2 Å². The Bertz CT molecular complexity index is 352. The van der Waals surface area contributed by atoms with Crippen molar-refractivity contribution in [2.75, 3.05) is 6.54 Å². The Morgan fingerprint density at radius 2 is 1.81 bits per heavy atom. The molecule has 0 fully saturated rings. The molecule has 1 amide bonds. The zero-order valence-corrected chi connectivity index (χ0v) is 8.93. The number of aryl methyl sites for hydroxylation is 1. The summed E-state index contributed by atoms with van der Waals surface area (Å²) >= 11 is 0. The number of rotatable bonds is 6. The number of aromatic nitrogens is 1. The number of hydrogen-bond donors (Lipinski definition) is 2. The first-order valence-electron chi connectivity index (χ1n) is 5.11. The summed E-state index contributed by atoms with van der Waals surface area (Å²) < 4.78 is 1.90. The number of carboxylic acid groups (broad SMARTS) is 1. The fourth-order valence-corrected chi connectivity index (χ4v) is 1.21. The van der Waals surface area contributed by atoms with Gasteiger partial charge in [0.05, 0.1) is 12.8 Å². The van der Waals surface area contributed by atoms with Gasteiger partial charge in [-0.1, -0.05) is 6.07 Å². The summed E-state index contributed by atoms with van der Waals surface area (Å²) in [5.74, 6) is -1.03. The van der Waals surface area contributed by atoms with E-state index in [4.69, 9.17) is 5.11 Å². The first kappa shape index (κ1) is 12.2. The number of amides is 1. The van der Waals surface area contributed by atoms with Crippen LogP contribution in [0.1, 0.15) is 12.8 Å². The van der Waals surface area contributed by atoms with Crippen LogP contribution in [-0.4, -0.2) is 23.5 Å². The maximum absolute atomic E-state index is 11.3. The minimum Gasteiger partial charge on any atom is -0.481 e. The molecular formula is C11H15N2O3+. The van der Waals surface area contributed by atoms with Crippen molar-refractivity contribution in [1.29, 1.82) is 0 Å². The molecule has 5 heteroatoms. The lowest BCUT2D eigenvalue weighted by Gasteiger charge is -2.01. The standard InChI is InChI=1S/C11H14N2O3/c14-10(12-6-4-11(15)16)5-9-13-7-2-1-3-8-13/h1-3,7-8H,4-6,9H2,(H-,12,14,15,16)/p+1. The number of carbonyl (C=O) groups excluding carboxylic acids is 1. The Morgan fingerprint density at radius 1 is 1.12 bits per heavy atom. The summed E-state index contributed by atoms with van der Waals surface area (Å²) in [4.78, 5) is 21.5. The van der Waals surface area contributed by atoms with Crippen molar-refractivity contribution in [1.82, 2.24) is 5.32 Å². The summed E-state index contributed by atoms with van der Waals surface area (Å²) in [6, 6.07) is 5.69. The van der Waals surface area contributed by atoms with Gasteiger partial charge in [-0.3, -0.25) is 9.59 Å². The summed E-state index contributed by atoms with van der Waals surface area (Å²) in [6.07, 6.45) is 4.08. The maximum Gasteiger partial charge on any atom is 0.305 e. The van der Waals surface area contributed by atoms with Crippen molar-refractivity contribution in [3.8, 4) is 0 Å². The molecule has 2 N–H and O–H groups in total. The van der Waals surface area contributed by atoms with E-state index < -0.39 is 5.97 Å². The predicted octanol–water partition coefficient (Wildman–Crippen LogP) is -0.0449. The zero-order chi connectivity index (χ0) is 11.8. The minimum absolute atomic E-state index is 0.0375. The Hall–Kier alpha value is -1.91. The van der Waals surface area contributed by atoms with Crippen molar-refractivity contribution >= 4 is 11.9 Å². The SMILES string of the molecule is O=C(O)CCNC(=O)CC[n+]1ccccc1. The van der Waals surface area contributed by atoms with Crippen molar-refractivity contribution in [3.63, 3.8) is 0 Å². The smallest absolute Gasteiger partial charge is 0.305 e. The number of nitrogens with zero attached hydrogens (tertiary/aromatic N) is 1. The number of nitrogens with one attached hydrogen (secondary N) is 1. The molecule has 0 atom stereocenters. The Kier molecular flexibility index (Phi) is 4.98. The molecule has 0 saturated carbocycles. The van der Waals surface area contributed by atoms with Crippen LogP contribution >= 0.6 is 0 Å². The number of pyridine rings is 1. The van der Waals surface area contributed by atoms with Crippen molar-refractivity contribution in [2.24, 2.45) is 0 Å². The van der Waals surface area contributed by atoms with E-state index in [-0.39, 0.29) is 18.9 Å². The van der Waals surface area contributed by atoms with Gasteiger partial charge >= 0.3 is 5.97 Å². The van der Waals surface area contributed by atoms with Crippen LogP contribution in [0.2, 0.25) is 0 Å². The summed E-state index contributed by atoms with van der Waals surface area (Å²) in [6.45, 7) is 0.785. The van der Waals surface area contributed by atoms with Crippen LogP contribution in [0.25, 0.3) is 0 Å². The summed E-state index contributed by atoms with van der Waals surface area (Å²) in [7, 11) is 0. The molecule has 0 saturated heterocycles. The third-order valence-electron chi connectivity index (χ3n) is 2.04. The number of carboxylic acids is 1. The molecule has 16 heavy (non-hydrogen) atoms. The summed E-state index contributed by atoms with van der Waals surface area (Å²) in [5, 5.41) is 10.9. The molecule has 0 aliphatic heterocycles.